The summed E-state index contributed by atoms with van der Waals surface area (Å²) in [4.78, 5) is 91.8. The van der Waals surface area contributed by atoms with Crippen LogP contribution in [-0.4, -0.2) is 76.7 Å². The second-order valence-electron chi connectivity index (χ2n) is 27.0. The van der Waals surface area contributed by atoms with E-state index in [-0.39, 0.29) is 0 Å². The minimum Gasteiger partial charge on any atom is -0.443 e. The topological polar surface area (TPSA) is 195 Å². The smallest absolute Gasteiger partial charge is 0.419 e. The van der Waals surface area contributed by atoms with Crippen LogP contribution in [0.25, 0.3) is 67.8 Å². The molecule has 18 heteroatoms. The molecule has 0 fully saturated rings. The molecule has 11 rings (SSSR count). The zero-order valence-corrected chi connectivity index (χ0v) is 56.8. The lowest BCUT2D eigenvalue weighted by molar-refractivity contribution is 0.0586. The van der Waals surface area contributed by atoms with Crippen molar-refractivity contribution in [1.82, 2.24) is 29.9 Å². The standard InChI is InChI=1S/C80H76N10O8/c1-77(2,3)95-73(91)87(57-29-25-53(26-30-57)55-49-69(65-21-13-17-45-81-65)85-70(50-55)66-22-14-18-46-82-66)59-33-37-61(38-34-59)89(75(93)97-79(7,8)9)63-41-43-64(44-42-63)90(76(94)98-80(10,11)12)62-39-35-60(36-40-62)88(74(92)96-78(4,5)6)58-31-27-54(28-32-58)56-51-71(67-23-15-19-47-83-67)86-72(52-56)68-24-16-20-48-84-68/h13-52H,1-12H3. The summed E-state index contributed by atoms with van der Waals surface area (Å²) >= 11 is 0. The number of rotatable bonds is 14. The van der Waals surface area contributed by atoms with Gasteiger partial charge in [-0.05, 0) is 275 Å². The molecule has 5 aromatic carbocycles. The number of aromatic nitrogens is 6. The molecule has 0 saturated heterocycles. The van der Waals surface area contributed by atoms with Crippen LogP contribution in [0.2, 0.25) is 0 Å². The number of anilines is 8. The molecule has 11 aromatic rings. The van der Waals surface area contributed by atoms with Gasteiger partial charge in [0.15, 0.2) is 0 Å². The fourth-order valence-electron chi connectivity index (χ4n) is 10.5. The predicted molar refractivity (Wildman–Crippen MR) is 385 cm³/mol. The van der Waals surface area contributed by atoms with Crippen LogP contribution in [0.4, 0.5) is 64.7 Å². The number of hydrogen-bond donors (Lipinski definition) is 0. The van der Waals surface area contributed by atoms with Crippen LogP contribution in [-0.2, 0) is 18.9 Å². The first-order valence-electron chi connectivity index (χ1n) is 32.0. The summed E-state index contributed by atoms with van der Waals surface area (Å²) in [6.45, 7) is 21.5. The van der Waals surface area contributed by atoms with Crippen molar-refractivity contribution in [2.24, 2.45) is 0 Å². The summed E-state index contributed by atoms with van der Waals surface area (Å²) < 4.78 is 24.1. The fraction of sp³-hybridized carbons (Fsp3) is 0.200. The zero-order valence-electron chi connectivity index (χ0n) is 56.8. The molecule has 0 aliphatic carbocycles. The molecule has 98 heavy (non-hydrogen) atoms. The summed E-state index contributed by atoms with van der Waals surface area (Å²) in [7, 11) is 0. The minimum atomic E-state index is -0.899. The quantitative estimate of drug-likeness (QED) is 0.0933. The molecular weight excluding hydrogens is 1230 g/mol. The average molecular weight is 1310 g/mol. The van der Waals surface area contributed by atoms with Crippen molar-refractivity contribution in [1.29, 1.82) is 0 Å². The van der Waals surface area contributed by atoms with Crippen LogP contribution < -0.4 is 19.6 Å². The first-order chi connectivity index (χ1) is 46.7. The summed E-state index contributed by atoms with van der Waals surface area (Å²) in [5.41, 5.74) is 9.00. The lowest BCUT2D eigenvalue weighted by atomic mass is 10.0. The fourth-order valence-corrected chi connectivity index (χ4v) is 10.5. The minimum absolute atomic E-state index is 0.397. The summed E-state index contributed by atoms with van der Waals surface area (Å²) in [6, 6.07) is 66.3. The molecule has 0 aliphatic heterocycles. The largest absolute Gasteiger partial charge is 0.443 e. The molecule has 6 aromatic heterocycles. The van der Waals surface area contributed by atoms with E-state index in [0.717, 1.165) is 22.3 Å². The molecular formula is C80H76N10O8. The SMILES string of the molecule is CC(C)(C)OC(=O)N(c1ccc(-c2cc(-c3ccccn3)nc(-c3ccccn3)c2)cc1)c1ccc(N(C(=O)OC(C)(C)C)c2ccc(N(C(=O)OC(C)(C)C)c3ccc(N(C(=O)OC(C)(C)C)c4ccc(-c5cc(-c6ccccn6)nc(-c6ccccn6)c5)cc4)cc3)cc2)cc1. The van der Waals surface area contributed by atoms with Crippen molar-refractivity contribution >= 4 is 69.9 Å². The molecule has 0 saturated carbocycles. The van der Waals surface area contributed by atoms with Crippen molar-refractivity contribution in [3.8, 4) is 67.8 Å². The van der Waals surface area contributed by atoms with Crippen LogP contribution in [0.15, 0.2) is 243 Å². The van der Waals surface area contributed by atoms with Gasteiger partial charge in [-0.3, -0.25) is 19.9 Å². The van der Waals surface area contributed by atoms with Crippen molar-refractivity contribution in [2.45, 2.75) is 105 Å². The van der Waals surface area contributed by atoms with E-state index in [1.807, 2.05) is 146 Å². The number of nitrogens with zero attached hydrogens (tertiary/aromatic N) is 10. The molecule has 494 valence electrons. The lowest BCUT2D eigenvalue weighted by Gasteiger charge is -2.30. The third kappa shape index (κ3) is 16.8. The number of hydrogen-bond acceptors (Lipinski definition) is 14. The molecule has 0 atom stereocenters. The van der Waals surface area contributed by atoms with Crippen LogP contribution in [0.3, 0.4) is 0 Å². The van der Waals surface area contributed by atoms with Gasteiger partial charge in [0, 0.05) is 24.8 Å². The molecule has 4 amide bonds. The van der Waals surface area contributed by atoms with Gasteiger partial charge in [-0.15, -0.1) is 0 Å². The molecule has 0 bridgehead atoms. The lowest BCUT2D eigenvalue weighted by Crippen LogP contribution is -2.35. The Morgan fingerprint density at radius 3 is 0.592 bits per heavy atom. The van der Waals surface area contributed by atoms with E-state index in [9.17, 15) is 19.2 Å². The van der Waals surface area contributed by atoms with Crippen LogP contribution >= 0.6 is 0 Å². The van der Waals surface area contributed by atoms with Crippen molar-refractivity contribution in [3.63, 3.8) is 0 Å². The number of benzene rings is 5. The predicted octanol–water partition coefficient (Wildman–Crippen LogP) is 20.4. The van der Waals surface area contributed by atoms with Gasteiger partial charge in [-0.2, -0.15) is 0 Å². The highest BCUT2D eigenvalue weighted by Crippen LogP contribution is 2.40. The highest BCUT2D eigenvalue weighted by Gasteiger charge is 2.32. The maximum atomic E-state index is 14.5. The van der Waals surface area contributed by atoms with E-state index in [2.05, 4.69) is 19.9 Å². The molecule has 0 N–H and O–H groups in total. The zero-order chi connectivity index (χ0) is 69.5. The Labute approximate surface area is 571 Å². The van der Waals surface area contributed by atoms with Crippen LogP contribution in [0.1, 0.15) is 83.1 Å². The monoisotopic (exact) mass is 1300 g/mol. The van der Waals surface area contributed by atoms with Gasteiger partial charge < -0.3 is 18.9 Å². The van der Waals surface area contributed by atoms with Gasteiger partial charge in [0.25, 0.3) is 0 Å². The van der Waals surface area contributed by atoms with E-state index >= 15 is 0 Å². The van der Waals surface area contributed by atoms with Gasteiger partial charge in [-0.1, -0.05) is 48.5 Å². The highest BCUT2D eigenvalue weighted by molar-refractivity contribution is 6.02. The number of carbonyl (C=O) groups is 4. The molecule has 0 spiro atoms. The molecule has 0 aliphatic rings. The third-order valence-corrected chi connectivity index (χ3v) is 14.7. The van der Waals surface area contributed by atoms with E-state index in [1.54, 1.807) is 181 Å². The van der Waals surface area contributed by atoms with Gasteiger partial charge in [0.1, 0.15) is 22.4 Å². The Hall–Kier alpha value is -11.9. The average Bonchev–Trinajstić information content (AvgIpc) is 0.801. The van der Waals surface area contributed by atoms with E-state index in [4.69, 9.17) is 28.9 Å². The Bertz CT molecular complexity index is 4190. The van der Waals surface area contributed by atoms with Gasteiger partial charge in [-0.25, -0.2) is 48.7 Å². The van der Waals surface area contributed by atoms with Gasteiger partial charge in [0.2, 0.25) is 0 Å². The Morgan fingerprint density at radius 1 is 0.245 bits per heavy atom. The molecule has 6 heterocycles. The maximum Gasteiger partial charge on any atom is 0.419 e. The number of amides is 4. The van der Waals surface area contributed by atoms with Gasteiger partial charge >= 0.3 is 24.4 Å². The van der Waals surface area contributed by atoms with Gasteiger partial charge in [0.05, 0.1) is 91.1 Å². The summed E-state index contributed by atoms with van der Waals surface area (Å²) in [5.74, 6) is 0. The van der Waals surface area contributed by atoms with Crippen LogP contribution in [0, 0.1) is 0 Å². The second-order valence-corrected chi connectivity index (χ2v) is 27.0. The maximum absolute atomic E-state index is 14.5. The number of pyridine rings is 6. The van der Waals surface area contributed by atoms with E-state index < -0.39 is 46.8 Å². The number of carbonyl (C=O) groups excluding carboxylic acids is 4. The van der Waals surface area contributed by atoms with Crippen molar-refractivity contribution in [3.05, 3.63) is 243 Å². The molecule has 0 radical (unpaired) electrons. The Balaban J connectivity index is 0.901. The highest BCUT2D eigenvalue weighted by atomic mass is 16.6. The van der Waals surface area contributed by atoms with Crippen LogP contribution in [0.5, 0.6) is 0 Å². The third-order valence-electron chi connectivity index (χ3n) is 14.7. The Kier molecular flexibility index (Phi) is 19.4. The van der Waals surface area contributed by atoms with Crippen molar-refractivity contribution < 1.29 is 38.1 Å². The van der Waals surface area contributed by atoms with Crippen molar-refractivity contribution in [2.75, 3.05) is 19.6 Å². The summed E-state index contributed by atoms with van der Waals surface area (Å²) in [5, 5.41) is 0. The normalized spacial score (nSPS) is 11.6. The van der Waals surface area contributed by atoms with E-state index in [0.29, 0.717) is 91.1 Å². The summed E-state index contributed by atoms with van der Waals surface area (Å²) in [6.07, 6.45) is 4.30. The first-order valence-corrected chi connectivity index (χ1v) is 32.0. The molecule has 18 nitrogen and oxygen atoms in total. The van der Waals surface area contributed by atoms with E-state index in [1.165, 1.54) is 19.6 Å². The molecule has 0 unspecified atom stereocenters. The second kappa shape index (κ2) is 28.2. The Morgan fingerprint density at radius 2 is 0.429 bits per heavy atom. The first kappa shape index (κ1) is 67.5. The number of ether oxygens (including phenoxy) is 4.